The van der Waals surface area contributed by atoms with Gasteiger partial charge in [0.15, 0.2) is 0 Å². The lowest BCUT2D eigenvalue weighted by molar-refractivity contribution is -0.159. The number of hydrogen-bond acceptors (Lipinski definition) is 4. The third-order valence-electron chi connectivity index (χ3n) is 7.13. The van der Waals surface area contributed by atoms with Gasteiger partial charge >= 0.3 is 12.1 Å². The molecule has 0 saturated carbocycles. The van der Waals surface area contributed by atoms with Crippen molar-refractivity contribution in [3.8, 4) is 11.1 Å². The number of benzene rings is 2. The Morgan fingerprint density at radius 3 is 2.24 bits per heavy atom. The molecule has 0 spiro atoms. The predicted octanol–water partition coefficient (Wildman–Crippen LogP) is 4.41. The van der Waals surface area contributed by atoms with E-state index in [-0.39, 0.29) is 18.4 Å². The Bertz CT molecular complexity index is 1050. The van der Waals surface area contributed by atoms with Crippen LogP contribution in [0, 0.1) is 5.41 Å². The first-order chi connectivity index (χ1) is 16.2. The van der Waals surface area contributed by atoms with Crippen LogP contribution in [0.25, 0.3) is 11.1 Å². The van der Waals surface area contributed by atoms with Crippen molar-refractivity contribution in [1.82, 2.24) is 10.2 Å². The fraction of sp³-hybridized carbons (Fsp3) is 0.444. The molecule has 2 atom stereocenters. The number of hydrogen-bond donors (Lipinski definition) is 2. The van der Waals surface area contributed by atoms with Crippen molar-refractivity contribution in [3.05, 3.63) is 59.7 Å². The van der Waals surface area contributed by atoms with Gasteiger partial charge in [0.1, 0.15) is 18.7 Å². The number of nitrogens with one attached hydrogen (secondary N) is 1. The van der Waals surface area contributed by atoms with Crippen molar-refractivity contribution in [3.63, 3.8) is 0 Å². The van der Waals surface area contributed by atoms with Crippen molar-refractivity contribution >= 4 is 18.0 Å². The summed E-state index contributed by atoms with van der Waals surface area (Å²) in [5.41, 5.74) is 3.96. The number of carbonyl (C=O) groups excluding carboxylic acids is 2. The lowest BCUT2D eigenvalue weighted by atomic mass is 9.76. The number of likely N-dealkylation sites (tertiary alicyclic amines) is 1. The van der Waals surface area contributed by atoms with E-state index in [9.17, 15) is 19.5 Å². The molecule has 0 bridgehead atoms. The smallest absolute Gasteiger partial charge is 0.407 e. The van der Waals surface area contributed by atoms with E-state index in [2.05, 4.69) is 17.4 Å². The van der Waals surface area contributed by atoms with Crippen molar-refractivity contribution in [2.45, 2.75) is 58.0 Å². The highest BCUT2D eigenvalue weighted by molar-refractivity contribution is 5.90. The number of ether oxygens (including phenoxy) is 1. The number of aliphatic carboxylic acids is 1. The summed E-state index contributed by atoms with van der Waals surface area (Å²) in [4.78, 5) is 39.3. The molecule has 4 rings (SSSR count). The van der Waals surface area contributed by atoms with Crippen molar-refractivity contribution < 1.29 is 24.2 Å². The molecule has 1 saturated heterocycles. The number of amides is 2. The first-order valence-corrected chi connectivity index (χ1v) is 11.9. The van der Waals surface area contributed by atoms with E-state index in [0.29, 0.717) is 13.0 Å². The summed E-state index contributed by atoms with van der Waals surface area (Å²) in [5.74, 6) is -1.47. The Morgan fingerprint density at radius 1 is 1.09 bits per heavy atom. The van der Waals surface area contributed by atoms with Crippen molar-refractivity contribution in [2.24, 2.45) is 5.41 Å². The van der Waals surface area contributed by atoms with Crippen LogP contribution in [0.2, 0.25) is 0 Å². The summed E-state index contributed by atoms with van der Waals surface area (Å²) in [6.07, 6.45) is 1.12. The van der Waals surface area contributed by atoms with E-state index >= 15 is 0 Å². The minimum absolute atomic E-state index is 0.0757. The van der Waals surface area contributed by atoms with Gasteiger partial charge in [0, 0.05) is 12.5 Å². The van der Waals surface area contributed by atoms with E-state index in [1.165, 1.54) is 4.90 Å². The molecule has 1 unspecified atom stereocenters. The normalized spacial score (nSPS) is 19.6. The van der Waals surface area contributed by atoms with Gasteiger partial charge in [-0.1, -0.05) is 69.3 Å². The molecule has 0 radical (unpaired) electrons. The summed E-state index contributed by atoms with van der Waals surface area (Å²) < 4.78 is 5.59. The number of carbonyl (C=O) groups is 3. The molecule has 2 amide bonds. The van der Waals surface area contributed by atoms with Gasteiger partial charge in [0.2, 0.25) is 5.91 Å². The number of nitrogens with zero attached hydrogens (tertiary/aromatic N) is 1. The highest BCUT2D eigenvalue weighted by Gasteiger charge is 2.45. The third kappa shape index (κ3) is 4.39. The van der Waals surface area contributed by atoms with Gasteiger partial charge in [-0.2, -0.15) is 0 Å². The Labute approximate surface area is 200 Å². The van der Waals surface area contributed by atoms with Crippen LogP contribution < -0.4 is 5.32 Å². The standard InChI is InChI=1S/C27H32N2O5/c1-4-22(24(30)29-15-9-14-27(2,3)23(29)25(31)32)28-26(33)34-16-21-19-12-7-5-10-17(19)18-11-6-8-13-20(18)21/h5-8,10-13,21-23H,4,9,14-16H2,1-3H3,(H,28,33)(H,31,32)/t22-,23?/m1/s1. The topological polar surface area (TPSA) is 95.9 Å². The van der Waals surface area contributed by atoms with Gasteiger partial charge in [0.05, 0.1) is 0 Å². The molecule has 2 aromatic carbocycles. The van der Waals surface area contributed by atoms with E-state index in [4.69, 9.17) is 4.74 Å². The Hall–Kier alpha value is -3.35. The van der Waals surface area contributed by atoms with Crippen LogP contribution >= 0.6 is 0 Å². The van der Waals surface area contributed by atoms with Gasteiger partial charge in [-0.05, 0) is 46.9 Å². The Kier molecular flexibility index (Phi) is 6.64. The maximum atomic E-state index is 13.2. The molecule has 1 fully saturated rings. The summed E-state index contributed by atoms with van der Waals surface area (Å²) in [7, 11) is 0. The molecule has 2 N–H and O–H groups in total. The average Bonchev–Trinajstić information content (AvgIpc) is 3.13. The fourth-order valence-electron chi connectivity index (χ4n) is 5.42. The summed E-state index contributed by atoms with van der Waals surface area (Å²) in [5, 5.41) is 12.5. The van der Waals surface area contributed by atoms with Gasteiger partial charge in [-0.3, -0.25) is 4.79 Å². The van der Waals surface area contributed by atoms with Crippen LogP contribution in [-0.2, 0) is 14.3 Å². The number of fused-ring (bicyclic) bond motifs is 3. The van der Waals surface area contributed by atoms with Gasteiger partial charge in [-0.25, -0.2) is 9.59 Å². The van der Waals surface area contributed by atoms with Crippen LogP contribution in [0.15, 0.2) is 48.5 Å². The highest BCUT2D eigenvalue weighted by atomic mass is 16.5. The van der Waals surface area contributed by atoms with Crippen LogP contribution in [0.4, 0.5) is 4.79 Å². The van der Waals surface area contributed by atoms with Crippen LogP contribution in [0.3, 0.4) is 0 Å². The number of carboxylic acid groups (broad SMARTS) is 1. The first-order valence-electron chi connectivity index (χ1n) is 11.9. The van der Waals surface area contributed by atoms with Crippen molar-refractivity contribution in [1.29, 1.82) is 0 Å². The third-order valence-corrected chi connectivity index (χ3v) is 7.13. The molecular formula is C27H32N2O5. The lowest BCUT2D eigenvalue weighted by Crippen LogP contribution is -2.60. The second kappa shape index (κ2) is 9.49. The maximum absolute atomic E-state index is 13.2. The molecule has 1 aliphatic heterocycles. The van der Waals surface area contributed by atoms with E-state index < -0.39 is 29.6 Å². The molecule has 7 nitrogen and oxygen atoms in total. The summed E-state index contributed by atoms with van der Waals surface area (Å²) in [6.45, 7) is 6.04. The molecule has 2 aromatic rings. The van der Waals surface area contributed by atoms with Gasteiger partial charge < -0.3 is 20.1 Å². The Morgan fingerprint density at radius 2 is 1.68 bits per heavy atom. The second-order valence-corrected chi connectivity index (χ2v) is 9.80. The van der Waals surface area contributed by atoms with Crippen LogP contribution in [-0.4, -0.2) is 53.2 Å². The summed E-state index contributed by atoms with van der Waals surface area (Å²) in [6, 6.07) is 14.4. The molecule has 0 aromatic heterocycles. The minimum Gasteiger partial charge on any atom is -0.480 e. The number of piperidine rings is 1. The zero-order valence-electron chi connectivity index (χ0n) is 19.9. The number of carboxylic acids is 1. The van der Waals surface area contributed by atoms with E-state index in [1.807, 2.05) is 50.2 Å². The zero-order chi connectivity index (χ0) is 24.5. The quantitative estimate of drug-likeness (QED) is 0.660. The Balaban J connectivity index is 1.43. The lowest BCUT2D eigenvalue weighted by Gasteiger charge is -2.45. The molecule has 180 valence electrons. The SMILES string of the molecule is CC[C@@H](NC(=O)OCC1c2ccccc2-c2ccccc21)C(=O)N1CCCC(C)(C)C1C(=O)O. The van der Waals surface area contributed by atoms with Crippen molar-refractivity contribution in [2.75, 3.05) is 13.2 Å². The first kappa shape index (κ1) is 23.8. The molecule has 2 aliphatic rings. The van der Waals surface area contributed by atoms with Crippen LogP contribution in [0.5, 0.6) is 0 Å². The number of rotatable bonds is 6. The van der Waals surface area contributed by atoms with Gasteiger partial charge in [0.25, 0.3) is 0 Å². The molecular weight excluding hydrogens is 432 g/mol. The number of alkyl carbamates (subject to hydrolysis) is 1. The zero-order valence-corrected chi connectivity index (χ0v) is 19.9. The summed E-state index contributed by atoms with van der Waals surface area (Å²) >= 11 is 0. The molecule has 34 heavy (non-hydrogen) atoms. The molecule has 7 heteroatoms. The molecule has 1 heterocycles. The van der Waals surface area contributed by atoms with E-state index in [0.717, 1.165) is 35.1 Å². The van der Waals surface area contributed by atoms with Crippen LogP contribution in [0.1, 0.15) is 57.1 Å². The van der Waals surface area contributed by atoms with E-state index in [1.54, 1.807) is 6.92 Å². The fourth-order valence-corrected chi connectivity index (χ4v) is 5.42. The average molecular weight is 465 g/mol. The highest BCUT2D eigenvalue weighted by Crippen LogP contribution is 2.44. The minimum atomic E-state index is -1.02. The molecule has 1 aliphatic carbocycles. The maximum Gasteiger partial charge on any atom is 0.407 e. The predicted molar refractivity (Wildman–Crippen MR) is 128 cm³/mol. The second-order valence-electron chi connectivity index (χ2n) is 9.80. The largest absolute Gasteiger partial charge is 0.480 e. The monoisotopic (exact) mass is 464 g/mol. The van der Waals surface area contributed by atoms with Gasteiger partial charge in [-0.15, -0.1) is 0 Å².